The summed E-state index contributed by atoms with van der Waals surface area (Å²) in [6, 6.07) is 8.89. The molecule has 0 N–H and O–H groups in total. The van der Waals surface area contributed by atoms with E-state index in [1.165, 1.54) is 17.5 Å². The van der Waals surface area contributed by atoms with Gasteiger partial charge >= 0.3 is 0 Å². The molecule has 1 aromatic rings. The van der Waals surface area contributed by atoms with Crippen molar-refractivity contribution in [2.75, 3.05) is 19.1 Å². The van der Waals surface area contributed by atoms with E-state index in [0.29, 0.717) is 11.8 Å². The first-order chi connectivity index (χ1) is 7.72. The Morgan fingerprint density at radius 2 is 1.94 bits per heavy atom. The van der Waals surface area contributed by atoms with Crippen LogP contribution in [0.15, 0.2) is 24.3 Å². The van der Waals surface area contributed by atoms with E-state index in [-0.39, 0.29) is 5.41 Å². The van der Waals surface area contributed by atoms with Gasteiger partial charge in [0.15, 0.2) is 0 Å². The zero-order valence-corrected chi connectivity index (χ0v) is 10.8. The molecule has 0 aliphatic carbocycles. The van der Waals surface area contributed by atoms with Crippen LogP contribution in [0.3, 0.4) is 0 Å². The van der Waals surface area contributed by atoms with Gasteiger partial charge in [0.25, 0.3) is 0 Å². The van der Waals surface area contributed by atoms with E-state index in [1.54, 1.807) is 0 Å². The first-order valence-corrected chi connectivity index (χ1v) is 6.49. The minimum Gasteiger partial charge on any atom is -0.379 e. The highest BCUT2D eigenvalue weighted by atomic mass is 35.5. The number of benzene rings is 1. The summed E-state index contributed by atoms with van der Waals surface area (Å²) in [6.45, 7) is 6.01. The quantitative estimate of drug-likeness (QED) is 0.727. The molecule has 1 atom stereocenters. The smallest absolute Gasteiger partial charge is 0.0597 e. The normalized spacial score (nSPS) is 20.2. The maximum absolute atomic E-state index is 6.04. The van der Waals surface area contributed by atoms with Gasteiger partial charge in [0.2, 0.25) is 0 Å². The lowest BCUT2D eigenvalue weighted by Gasteiger charge is -2.40. The molecule has 0 radical (unpaired) electrons. The minimum absolute atomic E-state index is 0.0789. The summed E-state index contributed by atoms with van der Waals surface area (Å²) >= 11 is 6.04. The molecule has 0 bridgehead atoms. The summed E-state index contributed by atoms with van der Waals surface area (Å²) in [5.41, 5.74) is 2.81. The van der Waals surface area contributed by atoms with Gasteiger partial charge in [-0.1, -0.05) is 38.1 Å². The molecule has 88 valence electrons. The highest BCUT2D eigenvalue weighted by Crippen LogP contribution is 2.34. The first-order valence-electron chi connectivity index (χ1n) is 5.96. The van der Waals surface area contributed by atoms with Crippen LogP contribution in [0.1, 0.15) is 37.3 Å². The van der Waals surface area contributed by atoms with Gasteiger partial charge in [-0.05, 0) is 23.5 Å². The molecule has 16 heavy (non-hydrogen) atoms. The van der Waals surface area contributed by atoms with Crippen LogP contribution in [0.2, 0.25) is 0 Å². The lowest BCUT2D eigenvalue weighted by Crippen LogP contribution is -2.48. The Balaban J connectivity index is 2.18. The number of hydrogen-bond donors (Lipinski definition) is 0. The summed E-state index contributed by atoms with van der Waals surface area (Å²) in [5.74, 6) is 1.29. The summed E-state index contributed by atoms with van der Waals surface area (Å²) in [4.78, 5) is 0. The van der Waals surface area contributed by atoms with Crippen LogP contribution in [0.25, 0.3) is 0 Å². The monoisotopic (exact) mass is 238 g/mol. The van der Waals surface area contributed by atoms with Crippen LogP contribution < -0.4 is 0 Å². The fraction of sp³-hybridized carbons (Fsp3) is 0.571. The van der Waals surface area contributed by atoms with Crippen LogP contribution in [0, 0.1) is 0 Å². The lowest BCUT2D eigenvalue weighted by atomic mass is 9.80. The standard InChI is InChI=1S/C14H19ClO/c1-3-11(2)12-4-6-13(7-5-12)14(8-15)9-16-10-14/h4-7,11H,3,8-10H2,1-2H3. The molecule has 1 aromatic carbocycles. The Kier molecular flexibility index (Phi) is 3.56. The molecule has 0 aromatic heterocycles. The second-order valence-corrected chi connectivity index (χ2v) is 5.11. The Morgan fingerprint density at radius 3 is 2.31 bits per heavy atom. The molecule has 1 aliphatic heterocycles. The first kappa shape index (κ1) is 11.9. The predicted molar refractivity (Wildman–Crippen MR) is 68.4 cm³/mol. The summed E-state index contributed by atoms with van der Waals surface area (Å²) in [7, 11) is 0. The summed E-state index contributed by atoms with van der Waals surface area (Å²) < 4.78 is 5.30. The Labute approximate surface area is 103 Å². The lowest BCUT2D eigenvalue weighted by molar-refractivity contribution is -0.0480. The Morgan fingerprint density at radius 1 is 1.31 bits per heavy atom. The average Bonchev–Trinajstić information content (AvgIpc) is 2.28. The molecule has 0 amide bonds. The number of hydrogen-bond acceptors (Lipinski definition) is 1. The van der Waals surface area contributed by atoms with E-state index in [1.807, 2.05) is 0 Å². The van der Waals surface area contributed by atoms with Gasteiger partial charge in [-0.25, -0.2) is 0 Å². The SMILES string of the molecule is CCC(C)c1ccc(C2(CCl)COC2)cc1. The van der Waals surface area contributed by atoms with E-state index in [9.17, 15) is 0 Å². The van der Waals surface area contributed by atoms with E-state index in [2.05, 4.69) is 38.1 Å². The summed E-state index contributed by atoms with van der Waals surface area (Å²) in [6.07, 6.45) is 1.18. The molecule has 0 saturated carbocycles. The second-order valence-electron chi connectivity index (χ2n) is 4.84. The highest BCUT2D eigenvalue weighted by Gasteiger charge is 2.39. The maximum Gasteiger partial charge on any atom is 0.0597 e. The van der Waals surface area contributed by atoms with Crippen molar-refractivity contribution in [3.8, 4) is 0 Å². The fourth-order valence-corrected chi connectivity index (χ4v) is 2.38. The average molecular weight is 239 g/mol. The molecule has 1 unspecified atom stereocenters. The number of halogens is 1. The topological polar surface area (TPSA) is 9.23 Å². The van der Waals surface area contributed by atoms with Crippen molar-refractivity contribution in [2.45, 2.75) is 31.6 Å². The molecular weight excluding hydrogens is 220 g/mol. The van der Waals surface area contributed by atoms with E-state index in [0.717, 1.165) is 13.2 Å². The van der Waals surface area contributed by atoms with E-state index < -0.39 is 0 Å². The van der Waals surface area contributed by atoms with Crippen molar-refractivity contribution in [2.24, 2.45) is 0 Å². The molecule has 1 heterocycles. The van der Waals surface area contributed by atoms with Crippen molar-refractivity contribution < 1.29 is 4.74 Å². The molecular formula is C14H19ClO. The zero-order chi connectivity index (χ0) is 11.6. The van der Waals surface area contributed by atoms with Gasteiger partial charge in [0, 0.05) is 5.88 Å². The Hall–Kier alpha value is -0.530. The third kappa shape index (κ3) is 1.99. The molecule has 1 nitrogen and oxygen atoms in total. The molecule has 0 spiro atoms. The van der Waals surface area contributed by atoms with Crippen LogP contribution in [0.4, 0.5) is 0 Å². The zero-order valence-electron chi connectivity index (χ0n) is 10.0. The molecule has 2 heteroatoms. The van der Waals surface area contributed by atoms with Crippen molar-refractivity contribution in [1.29, 1.82) is 0 Å². The molecule has 1 saturated heterocycles. The summed E-state index contributed by atoms with van der Waals surface area (Å²) in [5, 5.41) is 0. The fourth-order valence-electron chi connectivity index (χ4n) is 2.07. The highest BCUT2D eigenvalue weighted by molar-refractivity contribution is 6.18. The van der Waals surface area contributed by atoms with Gasteiger partial charge in [-0.3, -0.25) is 0 Å². The van der Waals surface area contributed by atoms with Gasteiger partial charge in [-0.15, -0.1) is 11.6 Å². The number of rotatable bonds is 4. The van der Waals surface area contributed by atoms with Gasteiger partial charge in [0.1, 0.15) is 0 Å². The molecule has 1 aliphatic rings. The van der Waals surface area contributed by atoms with Crippen LogP contribution in [-0.2, 0) is 10.2 Å². The molecule has 1 fully saturated rings. The van der Waals surface area contributed by atoms with Crippen molar-refractivity contribution in [1.82, 2.24) is 0 Å². The van der Waals surface area contributed by atoms with E-state index in [4.69, 9.17) is 16.3 Å². The van der Waals surface area contributed by atoms with Gasteiger partial charge in [-0.2, -0.15) is 0 Å². The maximum atomic E-state index is 6.04. The van der Waals surface area contributed by atoms with Gasteiger partial charge < -0.3 is 4.74 Å². The second kappa shape index (κ2) is 4.77. The van der Waals surface area contributed by atoms with Crippen LogP contribution in [-0.4, -0.2) is 19.1 Å². The largest absolute Gasteiger partial charge is 0.379 e. The van der Waals surface area contributed by atoms with Crippen molar-refractivity contribution in [3.63, 3.8) is 0 Å². The predicted octanol–water partition coefficient (Wildman–Crippen LogP) is 3.71. The van der Waals surface area contributed by atoms with Gasteiger partial charge in [0.05, 0.1) is 18.6 Å². The Bertz CT molecular complexity index is 335. The number of alkyl halides is 1. The van der Waals surface area contributed by atoms with Crippen LogP contribution >= 0.6 is 11.6 Å². The molecule has 2 rings (SSSR count). The van der Waals surface area contributed by atoms with Crippen molar-refractivity contribution >= 4 is 11.6 Å². The number of ether oxygens (including phenoxy) is 1. The minimum atomic E-state index is 0.0789. The van der Waals surface area contributed by atoms with E-state index >= 15 is 0 Å². The third-order valence-corrected chi connectivity index (χ3v) is 4.23. The third-order valence-electron chi connectivity index (χ3n) is 3.72. The van der Waals surface area contributed by atoms with Crippen LogP contribution in [0.5, 0.6) is 0 Å². The van der Waals surface area contributed by atoms with Crippen molar-refractivity contribution in [3.05, 3.63) is 35.4 Å².